The fraction of sp³-hybridized carbons (Fsp3) is 0.600. The van der Waals surface area contributed by atoms with Crippen molar-refractivity contribution in [2.45, 2.75) is 25.8 Å². The Bertz CT molecular complexity index is 339. The normalized spacial score (nSPS) is 17.7. The fourth-order valence-electron chi connectivity index (χ4n) is 1.55. The summed E-state index contributed by atoms with van der Waals surface area (Å²) in [6, 6.07) is 0.416. The standard InChI is InChI=1S/C10H14ClN3O/c1-7-9(11)6-12-10(13-7)14-8-2-4-15-5-3-8/h6,8H,2-5H2,1H3,(H,12,13,14). The number of ether oxygens (including phenoxy) is 1. The molecule has 15 heavy (non-hydrogen) atoms. The maximum atomic E-state index is 5.85. The lowest BCUT2D eigenvalue weighted by Gasteiger charge is -2.23. The fourth-order valence-corrected chi connectivity index (χ4v) is 1.64. The van der Waals surface area contributed by atoms with Gasteiger partial charge in [-0.15, -0.1) is 0 Å². The van der Waals surface area contributed by atoms with Crippen LogP contribution in [-0.4, -0.2) is 29.2 Å². The highest BCUT2D eigenvalue weighted by atomic mass is 35.5. The number of hydrogen-bond acceptors (Lipinski definition) is 4. The highest BCUT2D eigenvalue weighted by molar-refractivity contribution is 6.31. The van der Waals surface area contributed by atoms with Gasteiger partial charge in [0.05, 0.1) is 16.9 Å². The second kappa shape index (κ2) is 4.77. The molecular formula is C10H14ClN3O. The Balaban J connectivity index is 2.00. The van der Waals surface area contributed by atoms with Gasteiger partial charge in [-0.2, -0.15) is 0 Å². The largest absolute Gasteiger partial charge is 0.381 e. The first-order valence-corrected chi connectivity index (χ1v) is 5.47. The molecule has 0 spiro atoms. The van der Waals surface area contributed by atoms with Crippen LogP contribution in [-0.2, 0) is 4.74 Å². The van der Waals surface area contributed by atoms with Gasteiger partial charge in [0.2, 0.25) is 5.95 Å². The Morgan fingerprint density at radius 1 is 1.47 bits per heavy atom. The molecule has 5 heteroatoms. The summed E-state index contributed by atoms with van der Waals surface area (Å²) in [6.45, 7) is 3.49. The summed E-state index contributed by atoms with van der Waals surface area (Å²) in [7, 11) is 0. The molecule has 0 saturated carbocycles. The van der Waals surface area contributed by atoms with E-state index in [9.17, 15) is 0 Å². The number of halogens is 1. The molecule has 0 aliphatic carbocycles. The zero-order valence-electron chi connectivity index (χ0n) is 8.66. The second-order valence-electron chi connectivity index (χ2n) is 3.66. The van der Waals surface area contributed by atoms with Gasteiger partial charge in [-0.05, 0) is 19.8 Å². The molecule has 1 fully saturated rings. The molecule has 1 aliphatic rings. The quantitative estimate of drug-likeness (QED) is 0.840. The molecule has 0 aromatic carbocycles. The lowest BCUT2D eigenvalue weighted by Crippen LogP contribution is -2.28. The van der Waals surface area contributed by atoms with Gasteiger partial charge in [0, 0.05) is 19.3 Å². The predicted molar refractivity (Wildman–Crippen MR) is 59.2 cm³/mol. The van der Waals surface area contributed by atoms with Crippen LogP contribution in [0.4, 0.5) is 5.95 Å². The molecule has 2 heterocycles. The van der Waals surface area contributed by atoms with Crippen molar-refractivity contribution in [3.8, 4) is 0 Å². The number of nitrogens with one attached hydrogen (secondary N) is 1. The topological polar surface area (TPSA) is 47.0 Å². The average Bonchev–Trinajstić information content (AvgIpc) is 2.25. The van der Waals surface area contributed by atoms with Crippen molar-refractivity contribution in [3.05, 3.63) is 16.9 Å². The van der Waals surface area contributed by atoms with E-state index >= 15 is 0 Å². The zero-order chi connectivity index (χ0) is 10.7. The first kappa shape index (κ1) is 10.6. The van der Waals surface area contributed by atoms with Crippen molar-refractivity contribution in [2.24, 2.45) is 0 Å². The predicted octanol–water partition coefficient (Wildman–Crippen LogP) is 2.03. The first-order valence-electron chi connectivity index (χ1n) is 5.09. The third-order valence-corrected chi connectivity index (χ3v) is 2.85. The summed E-state index contributed by atoms with van der Waals surface area (Å²) in [6.07, 6.45) is 3.64. The first-order chi connectivity index (χ1) is 7.25. The van der Waals surface area contributed by atoms with E-state index in [2.05, 4.69) is 15.3 Å². The summed E-state index contributed by atoms with van der Waals surface area (Å²) in [5.74, 6) is 0.656. The molecule has 0 radical (unpaired) electrons. The van der Waals surface area contributed by atoms with E-state index in [1.54, 1.807) is 6.20 Å². The van der Waals surface area contributed by atoms with Crippen LogP contribution in [0.5, 0.6) is 0 Å². The van der Waals surface area contributed by atoms with Crippen molar-refractivity contribution >= 4 is 17.5 Å². The van der Waals surface area contributed by atoms with Gasteiger partial charge in [0.25, 0.3) is 0 Å². The van der Waals surface area contributed by atoms with Crippen LogP contribution in [0.15, 0.2) is 6.20 Å². The van der Waals surface area contributed by atoms with Gasteiger partial charge < -0.3 is 10.1 Å². The summed E-state index contributed by atoms with van der Waals surface area (Å²) >= 11 is 5.85. The smallest absolute Gasteiger partial charge is 0.223 e. The van der Waals surface area contributed by atoms with E-state index in [-0.39, 0.29) is 0 Å². The van der Waals surface area contributed by atoms with Crippen LogP contribution in [0.3, 0.4) is 0 Å². The van der Waals surface area contributed by atoms with Crippen LogP contribution in [0.25, 0.3) is 0 Å². The Hall–Kier alpha value is -0.870. The lowest BCUT2D eigenvalue weighted by molar-refractivity contribution is 0.0903. The molecule has 0 bridgehead atoms. The summed E-state index contributed by atoms with van der Waals surface area (Å²) in [5.41, 5.74) is 0.807. The number of aryl methyl sites for hydroxylation is 1. The summed E-state index contributed by atoms with van der Waals surface area (Å²) in [5, 5.41) is 3.89. The SMILES string of the molecule is Cc1nc(NC2CCOCC2)ncc1Cl. The minimum atomic E-state index is 0.416. The molecule has 0 amide bonds. The molecule has 1 saturated heterocycles. The number of anilines is 1. The van der Waals surface area contributed by atoms with E-state index in [4.69, 9.17) is 16.3 Å². The number of rotatable bonds is 2. The van der Waals surface area contributed by atoms with Gasteiger partial charge >= 0.3 is 0 Å². The average molecular weight is 228 g/mol. The van der Waals surface area contributed by atoms with E-state index in [1.807, 2.05) is 6.92 Å². The van der Waals surface area contributed by atoms with Crippen LogP contribution >= 0.6 is 11.6 Å². The minimum Gasteiger partial charge on any atom is -0.381 e. The number of nitrogens with zero attached hydrogens (tertiary/aromatic N) is 2. The third-order valence-electron chi connectivity index (χ3n) is 2.47. The Kier molecular flexibility index (Phi) is 3.38. The van der Waals surface area contributed by atoms with E-state index in [0.717, 1.165) is 31.7 Å². The number of hydrogen-bond donors (Lipinski definition) is 1. The van der Waals surface area contributed by atoms with Gasteiger partial charge in [-0.1, -0.05) is 11.6 Å². The molecule has 1 N–H and O–H groups in total. The molecular weight excluding hydrogens is 214 g/mol. The Morgan fingerprint density at radius 2 is 2.20 bits per heavy atom. The molecule has 0 unspecified atom stereocenters. The van der Waals surface area contributed by atoms with Crippen molar-refractivity contribution < 1.29 is 4.74 Å². The van der Waals surface area contributed by atoms with Crippen LogP contribution in [0.2, 0.25) is 5.02 Å². The molecule has 4 nitrogen and oxygen atoms in total. The molecule has 82 valence electrons. The third kappa shape index (κ3) is 2.79. The van der Waals surface area contributed by atoms with Crippen molar-refractivity contribution in [2.75, 3.05) is 18.5 Å². The lowest BCUT2D eigenvalue weighted by atomic mass is 10.1. The minimum absolute atomic E-state index is 0.416. The molecule has 0 atom stereocenters. The van der Waals surface area contributed by atoms with Crippen molar-refractivity contribution in [1.82, 2.24) is 9.97 Å². The highest BCUT2D eigenvalue weighted by Gasteiger charge is 2.14. The van der Waals surface area contributed by atoms with Gasteiger partial charge in [0.1, 0.15) is 0 Å². The zero-order valence-corrected chi connectivity index (χ0v) is 9.42. The van der Waals surface area contributed by atoms with E-state index < -0.39 is 0 Å². The molecule has 2 rings (SSSR count). The summed E-state index contributed by atoms with van der Waals surface area (Å²) in [4.78, 5) is 8.41. The second-order valence-corrected chi connectivity index (χ2v) is 4.07. The Labute approximate surface area is 94.0 Å². The van der Waals surface area contributed by atoms with Gasteiger partial charge in [0.15, 0.2) is 0 Å². The summed E-state index contributed by atoms with van der Waals surface area (Å²) < 4.78 is 5.28. The molecule has 1 aromatic heterocycles. The monoisotopic (exact) mass is 227 g/mol. The van der Waals surface area contributed by atoms with E-state index in [0.29, 0.717) is 17.0 Å². The van der Waals surface area contributed by atoms with E-state index in [1.165, 1.54) is 0 Å². The van der Waals surface area contributed by atoms with Gasteiger partial charge in [-0.3, -0.25) is 0 Å². The molecule has 1 aromatic rings. The highest BCUT2D eigenvalue weighted by Crippen LogP contribution is 2.15. The molecule has 1 aliphatic heterocycles. The van der Waals surface area contributed by atoms with Crippen molar-refractivity contribution in [3.63, 3.8) is 0 Å². The number of aromatic nitrogens is 2. The van der Waals surface area contributed by atoms with Crippen LogP contribution in [0.1, 0.15) is 18.5 Å². The van der Waals surface area contributed by atoms with Crippen molar-refractivity contribution in [1.29, 1.82) is 0 Å². The maximum absolute atomic E-state index is 5.85. The van der Waals surface area contributed by atoms with Crippen LogP contribution in [0, 0.1) is 6.92 Å². The van der Waals surface area contributed by atoms with Gasteiger partial charge in [-0.25, -0.2) is 9.97 Å². The Morgan fingerprint density at radius 3 is 2.87 bits per heavy atom. The van der Waals surface area contributed by atoms with Crippen LogP contribution < -0.4 is 5.32 Å². The maximum Gasteiger partial charge on any atom is 0.223 e.